The standard InChI is InChI=1S/C14H12N2O3S/c1-20-12-5-3-2-4-10(12)16-13(17)9-6-7-15-11(8-9)14(18)19/h2-8H,1H3,(H,16,17)(H,18,19). The molecular formula is C14H12N2O3S. The van der Waals surface area contributed by atoms with Crippen molar-refractivity contribution in [1.82, 2.24) is 4.98 Å². The largest absolute Gasteiger partial charge is 0.477 e. The fourth-order valence-electron chi connectivity index (χ4n) is 1.63. The van der Waals surface area contributed by atoms with Gasteiger partial charge in [0.1, 0.15) is 5.69 Å². The van der Waals surface area contributed by atoms with Gasteiger partial charge in [0.05, 0.1) is 5.69 Å². The van der Waals surface area contributed by atoms with Gasteiger partial charge in [0.2, 0.25) is 0 Å². The number of aromatic carboxylic acids is 1. The summed E-state index contributed by atoms with van der Waals surface area (Å²) in [5.41, 5.74) is 0.794. The minimum absolute atomic E-state index is 0.157. The van der Waals surface area contributed by atoms with Crippen LogP contribution in [-0.4, -0.2) is 28.2 Å². The third kappa shape index (κ3) is 3.16. The third-order valence-electron chi connectivity index (χ3n) is 2.60. The number of para-hydroxylation sites is 1. The maximum absolute atomic E-state index is 12.1. The summed E-state index contributed by atoms with van der Waals surface area (Å²) in [6.45, 7) is 0. The molecule has 0 bridgehead atoms. The Labute approximate surface area is 120 Å². The smallest absolute Gasteiger partial charge is 0.354 e. The van der Waals surface area contributed by atoms with E-state index in [1.54, 1.807) is 6.07 Å². The minimum Gasteiger partial charge on any atom is -0.477 e. The van der Waals surface area contributed by atoms with Crippen molar-refractivity contribution < 1.29 is 14.7 Å². The average Bonchev–Trinajstić information content (AvgIpc) is 2.48. The van der Waals surface area contributed by atoms with Crippen molar-refractivity contribution in [1.29, 1.82) is 0 Å². The molecule has 5 nitrogen and oxygen atoms in total. The molecule has 2 N–H and O–H groups in total. The molecule has 0 atom stereocenters. The predicted molar refractivity (Wildman–Crippen MR) is 77.4 cm³/mol. The van der Waals surface area contributed by atoms with Crippen molar-refractivity contribution in [2.45, 2.75) is 4.90 Å². The molecule has 0 saturated heterocycles. The van der Waals surface area contributed by atoms with Crippen LogP contribution in [0.1, 0.15) is 20.8 Å². The van der Waals surface area contributed by atoms with Crippen LogP contribution in [0.25, 0.3) is 0 Å². The second kappa shape index (κ2) is 6.21. The van der Waals surface area contributed by atoms with Crippen LogP contribution in [0.2, 0.25) is 0 Å². The van der Waals surface area contributed by atoms with E-state index in [0.29, 0.717) is 5.69 Å². The Morgan fingerprint density at radius 1 is 1.25 bits per heavy atom. The second-order valence-corrected chi connectivity index (χ2v) is 4.74. The number of benzene rings is 1. The maximum Gasteiger partial charge on any atom is 0.354 e. The lowest BCUT2D eigenvalue weighted by Gasteiger charge is -2.09. The van der Waals surface area contributed by atoms with Gasteiger partial charge in [0, 0.05) is 16.7 Å². The summed E-state index contributed by atoms with van der Waals surface area (Å²) in [6, 6.07) is 10.1. The Hall–Kier alpha value is -2.34. The van der Waals surface area contributed by atoms with Crippen LogP contribution in [0.15, 0.2) is 47.5 Å². The number of carboxylic acid groups (broad SMARTS) is 1. The van der Waals surface area contributed by atoms with Gasteiger partial charge in [0.15, 0.2) is 0 Å². The lowest BCUT2D eigenvalue weighted by Crippen LogP contribution is -2.14. The summed E-state index contributed by atoms with van der Waals surface area (Å²) in [5.74, 6) is -1.53. The Morgan fingerprint density at radius 3 is 2.70 bits per heavy atom. The van der Waals surface area contributed by atoms with Gasteiger partial charge in [-0.1, -0.05) is 12.1 Å². The zero-order valence-electron chi connectivity index (χ0n) is 10.7. The number of rotatable bonds is 4. The molecule has 1 heterocycles. The summed E-state index contributed by atoms with van der Waals surface area (Å²) in [7, 11) is 0. The number of amides is 1. The number of carbonyl (C=O) groups excluding carboxylic acids is 1. The molecule has 0 fully saturated rings. The normalized spacial score (nSPS) is 10.1. The molecule has 0 aliphatic rings. The molecule has 1 amide bonds. The summed E-state index contributed by atoms with van der Waals surface area (Å²) in [6.07, 6.45) is 3.22. The van der Waals surface area contributed by atoms with Gasteiger partial charge in [-0.2, -0.15) is 0 Å². The SMILES string of the molecule is CSc1ccccc1NC(=O)c1ccnc(C(=O)O)c1. The number of nitrogens with zero attached hydrogens (tertiary/aromatic N) is 1. The van der Waals surface area contributed by atoms with Crippen LogP contribution in [0.5, 0.6) is 0 Å². The van der Waals surface area contributed by atoms with E-state index in [2.05, 4.69) is 10.3 Å². The number of nitrogens with one attached hydrogen (secondary N) is 1. The summed E-state index contributed by atoms with van der Waals surface area (Å²) in [5, 5.41) is 11.6. The molecule has 2 aromatic rings. The number of hydrogen-bond donors (Lipinski definition) is 2. The number of carboxylic acids is 1. The van der Waals surface area contributed by atoms with Gasteiger partial charge < -0.3 is 10.4 Å². The van der Waals surface area contributed by atoms with Crippen LogP contribution in [0.4, 0.5) is 5.69 Å². The van der Waals surface area contributed by atoms with Crippen molar-refractivity contribution >= 4 is 29.3 Å². The first-order valence-corrected chi connectivity index (χ1v) is 6.98. The second-order valence-electron chi connectivity index (χ2n) is 3.89. The highest BCUT2D eigenvalue weighted by Gasteiger charge is 2.12. The van der Waals surface area contributed by atoms with Crippen LogP contribution in [-0.2, 0) is 0 Å². The van der Waals surface area contributed by atoms with Crippen molar-refractivity contribution in [3.05, 3.63) is 53.9 Å². The number of hydrogen-bond acceptors (Lipinski definition) is 4. The number of anilines is 1. The van der Waals surface area contributed by atoms with Crippen LogP contribution < -0.4 is 5.32 Å². The van der Waals surface area contributed by atoms with E-state index in [4.69, 9.17) is 5.11 Å². The zero-order valence-corrected chi connectivity index (χ0v) is 11.5. The van der Waals surface area contributed by atoms with Crippen molar-refractivity contribution in [2.24, 2.45) is 0 Å². The number of pyridine rings is 1. The first-order chi connectivity index (χ1) is 9.61. The van der Waals surface area contributed by atoms with E-state index in [1.807, 2.05) is 24.5 Å². The molecule has 20 heavy (non-hydrogen) atoms. The number of thioether (sulfide) groups is 1. The van der Waals surface area contributed by atoms with Gasteiger partial charge in [0.25, 0.3) is 5.91 Å². The quantitative estimate of drug-likeness (QED) is 0.846. The molecule has 0 aliphatic carbocycles. The molecule has 1 aromatic heterocycles. The van der Waals surface area contributed by atoms with Crippen molar-refractivity contribution in [3.8, 4) is 0 Å². The number of carbonyl (C=O) groups is 2. The van der Waals surface area contributed by atoms with E-state index in [9.17, 15) is 9.59 Å². The lowest BCUT2D eigenvalue weighted by molar-refractivity contribution is 0.0690. The molecule has 0 aliphatic heterocycles. The van der Waals surface area contributed by atoms with Crippen LogP contribution in [0.3, 0.4) is 0 Å². The first-order valence-electron chi connectivity index (χ1n) is 5.75. The summed E-state index contributed by atoms with van der Waals surface area (Å²) >= 11 is 1.52. The lowest BCUT2D eigenvalue weighted by atomic mass is 10.2. The zero-order chi connectivity index (χ0) is 14.5. The van der Waals surface area contributed by atoms with E-state index in [-0.39, 0.29) is 17.2 Å². The van der Waals surface area contributed by atoms with Crippen LogP contribution in [0, 0.1) is 0 Å². The molecule has 0 saturated carbocycles. The third-order valence-corrected chi connectivity index (χ3v) is 3.39. The fraction of sp³-hybridized carbons (Fsp3) is 0.0714. The number of aromatic nitrogens is 1. The van der Waals surface area contributed by atoms with E-state index in [0.717, 1.165) is 4.90 Å². The molecule has 102 valence electrons. The first kappa shape index (κ1) is 14.1. The topological polar surface area (TPSA) is 79.3 Å². The van der Waals surface area contributed by atoms with Gasteiger partial charge in [-0.3, -0.25) is 4.79 Å². The summed E-state index contributed by atoms with van der Waals surface area (Å²) < 4.78 is 0. The van der Waals surface area contributed by atoms with E-state index < -0.39 is 5.97 Å². The van der Waals surface area contributed by atoms with Gasteiger partial charge >= 0.3 is 5.97 Å². The Kier molecular flexibility index (Phi) is 4.37. The van der Waals surface area contributed by atoms with E-state index in [1.165, 1.54) is 30.1 Å². The molecule has 1 aromatic carbocycles. The molecule has 6 heteroatoms. The van der Waals surface area contributed by atoms with Crippen molar-refractivity contribution in [3.63, 3.8) is 0 Å². The van der Waals surface area contributed by atoms with Gasteiger partial charge in [-0.25, -0.2) is 9.78 Å². The highest BCUT2D eigenvalue weighted by Crippen LogP contribution is 2.25. The van der Waals surface area contributed by atoms with Crippen molar-refractivity contribution in [2.75, 3.05) is 11.6 Å². The molecule has 0 spiro atoms. The molecular weight excluding hydrogens is 276 g/mol. The molecule has 0 radical (unpaired) electrons. The Balaban J connectivity index is 2.24. The molecule has 0 unspecified atom stereocenters. The van der Waals surface area contributed by atoms with E-state index >= 15 is 0 Å². The maximum atomic E-state index is 12.1. The highest BCUT2D eigenvalue weighted by molar-refractivity contribution is 7.98. The summed E-state index contributed by atoms with van der Waals surface area (Å²) in [4.78, 5) is 27.6. The van der Waals surface area contributed by atoms with Gasteiger partial charge in [-0.05, 0) is 30.5 Å². The highest BCUT2D eigenvalue weighted by atomic mass is 32.2. The predicted octanol–water partition coefficient (Wildman–Crippen LogP) is 2.75. The molecule has 2 rings (SSSR count). The average molecular weight is 288 g/mol. The Bertz CT molecular complexity index is 658. The Morgan fingerprint density at radius 2 is 2.00 bits per heavy atom. The fourth-order valence-corrected chi connectivity index (χ4v) is 2.18. The van der Waals surface area contributed by atoms with Crippen LogP contribution >= 0.6 is 11.8 Å². The minimum atomic E-state index is -1.16. The van der Waals surface area contributed by atoms with Gasteiger partial charge in [-0.15, -0.1) is 11.8 Å². The monoisotopic (exact) mass is 288 g/mol.